The topological polar surface area (TPSA) is 80.5 Å². The Bertz CT molecular complexity index is 679. The van der Waals surface area contributed by atoms with Crippen LogP contribution < -0.4 is 5.73 Å². The number of anilines is 1. The quantitative estimate of drug-likeness (QED) is 0.818. The molecule has 2 N–H and O–H groups in total. The van der Waals surface area contributed by atoms with Crippen molar-refractivity contribution in [3.05, 3.63) is 29.3 Å². The fourth-order valence-electron chi connectivity index (χ4n) is 2.09. The molecule has 1 aliphatic heterocycles. The first-order valence-electron chi connectivity index (χ1n) is 6.04. The van der Waals surface area contributed by atoms with Gasteiger partial charge in [-0.3, -0.25) is 4.79 Å². The van der Waals surface area contributed by atoms with Crippen molar-refractivity contribution in [1.82, 2.24) is 4.90 Å². The van der Waals surface area contributed by atoms with E-state index >= 15 is 0 Å². The summed E-state index contributed by atoms with van der Waals surface area (Å²) in [6.07, 6.45) is 1.01. The number of nitrogen functional groups attached to an aromatic ring is 1. The van der Waals surface area contributed by atoms with Crippen molar-refractivity contribution in [2.75, 3.05) is 30.0 Å². The van der Waals surface area contributed by atoms with Crippen LogP contribution in [-0.2, 0) is 9.84 Å². The van der Waals surface area contributed by atoms with E-state index in [2.05, 4.69) is 0 Å². The Labute approximate surface area is 125 Å². The normalized spacial score (nSPS) is 19.6. The van der Waals surface area contributed by atoms with Crippen LogP contribution in [0.3, 0.4) is 0 Å². The largest absolute Gasteiger partial charge is 0.396 e. The van der Waals surface area contributed by atoms with Gasteiger partial charge in [0.2, 0.25) is 0 Å². The average molecular weight is 336 g/mol. The second-order valence-electron chi connectivity index (χ2n) is 4.71. The number of benzene rings is 1. The van der Waals surface area contributed by atoms with Crippen LogP contribution in [0.15, 0.2) is 12.1 Å². The summed E-state index contributed by atoms with van der Waals surface area (Å²) >= 11 is 1.39. The Morgan fingerprint density at radius 2 is 2.10 bits per heavy atom. The predicted octanol–water partition coefficient (Wildman–Crippen LogP) is 1.11. The van der Waals surface area contributed by atoms with Gasteiger partial charge in [-0.2, -0.15) is 11.8 Å². The SMILES string of the molecule is CS(=O)(=O)C1CSCCN1C(=O)c1cc(F)cc(N)c1F. The molecular weight excluding hydrogens is 322 g/mol. The standard InChI is InChI=1S/C12H14F2N2O3S2/c1-21(18,19)10-6-20-3-2-16(10)12(17)8-4-7(13)5-9(15)11(8)14/h4-5,10H,2-3,6,15H2,1H3. The number of carbonyl (C=O) groups is 1. The zero-order valence-corrected chi connectivity index (χ0v) is 12.8. The lowest BCUT2D eigenvalue weighted by Crippen LogP contribution is -2.50. The Kier molecular flexibility index (Phi) is 4.43. The second-order valence-corrected chi connectivity index (χ2v) is 8.07. The van der Waals surface area contributed by atoms with Crippen molar-refractivity contribution in [2.24, 2.45) is 0 Å². The molecule has 21 heavy (non-hydrogen) atoms. The van der Waals surface area contributed by atoms with Crippen molar-refractivity contribution >= 4 is 33.2 Å². The number of rotatable bonds is 2. The van der Waals surface area contributed by atoms with Gasteiger partial charge >= 0.3 is 0 Å². The van der Waals surface area contributed by atoms with E-state index in [1.807, 2.05) is 0 Å². The molecule has 1 saturated heterocycles. The summed E-state index contributed by atoms with van der Waals surface area (Å²) in [7, 11) is -3.52. The maximum Gasteiger partial charge on any atom is 0.258 e. The molecule has 0 bridgehead atoms. The Balaban J connectivity index is 2.43. The Hall–Kier alpha value is -1.35. The van der Waals surface area contributed by atoms with Gasteiger partial charge in [0.25, 0.3) is 5.91 Å². The maximum atomic E-state index is 13.9. The monoisotopic (exact) mass is 336 g/mol. The first kappa shape index (κ1) is 16.0. The molecule has 9 heteroatoms. The predicted molar refractivity (Wildman–Crippen MR) is 77.8 cm³/mol. The van der Waals surface area contributed by atoms with Gasteiger partial charge in [-0.15, -0.1) is 0 Å². The molecule has 1 aliphatic rings. The molecule has 0 spiro atoms. The summed E-state index contributed by atoms with van der Waals surface area (Å²) in [5.74, 6) is -2.01. The molecule has 1 unspecified atom stereocenters. The summed E-state index contributed by atoms with van der Waals surface area (Å²) in [4.78, 5) is 13.4. The molecule has 1 atom stereocenters. The highest BCUT2D eigenvalue weighted by Gasteiger charge is 2.35. The Morgan fingerprint density at radius 3 is 2.71 bits per heavy atom. The van der Waals surface area contributed by atoms with Gasteiger partial charge in [-0.05, 0) is 12.1 Å². The van der Waals surface area contributed by atoms with E-state index in [1.54, 1.807) is 0 Å². The molecule has 116 valence electrons. The van der Waals surface area contributed by atoms with E-state index in [9.17, 15) is 22.0 Å². The van der Waals surface area contributed by atoms with Crippen molar-refractivity contribution in [2.45, 2.75) is 5.37 Å². The van der Waals surface area contributed by atoms with Crippen LogP contribution in [0.25, 0.3) is 0 Å². The maximum absolute atomic E-state index is 13.9. The third-order valence-corrected chi connectivity index (χ3v) is 5.78. The molecule has 1 aromatic carbocycles. The molecule has 0 aromatic heterocycles. The van der Waals surface area contributed by atoms with E-state index in [0.717, 1.165) is 23.3 Å². The number of sulfone groups is 1. The number of hydrogen-bond donors (Lipinski definition) is 1. The summed E-state index contributed by atoms with van der Waals surface area (Å²) < 4.78 is 50.7. The third kappa shape index (κ3) is 3.29. The lowest BCUT2D eigenvalue weighted by atomic mass is 10.1. The number of nitrogens with zero attached hydrogens (tertiary/aromatic N) is 1. The summed E-state index contributed by atoms with van der Waals surface area (Å²) in [5, 5.41) is -1.05. The van der Waals surface area contributed by atoms with E-state index < -0.39 is 44.0 Å². The molecular formula is C12H14F2N2O3S2. The van der Waals surface area contributed by atoms with Crippen LogP contribution in [0.2, 0.25) is 0 Å². The zero-order valence-electron chi connectivity index (χ0n) is 11.2. The zero-order chi connectivity index (χ0) is 15.8. The van der Waals surface area contributed by atoms with Crippen LogP contribution >= 0.6 is 11.8 Å². The van der Waals surface area contributed by atoms with Crippen LogP contribution in [-0.4, -0.2) is 48.9 Å². The highest BCUT2D eigenvalue weighted by molar-refractivity contribution is 8.00. The first-order valence-corrected chi connectivity index (χ1v) is 9.15. The van der Waals surface area contributed by atoms with Crippen molar-refractivity contribution in [1.29, 1.82) is 0 Å². The number of carbonyl (C=O) groups excluding carboxylic acids is 1. The lowest BCUT2D eigenvalue weighted by Gasteiger charge is -2.34. The highest BCUT2D eigenvalue weighted by atomic mass is 32.2. The van der Waals surface area contributed by atoms with Crippen molar-refractivity contribution < 1.29 is 22.0 Å². The molecule has 0 aliphatic carbocycles. The minimum absolute atomic E-state index is 0.150. The van der Waals surface area contributed by atoms with Gasteiger partial charge in [0, 0.05) is 24.3 Å². The minimum atomic E-state index is -3.52. The van der Waals surface area contributed by atoms with E-state index in [-0.39, 0.29) is 12.3 Å². The van der Waals surface area contributed by atoms with Crippen LogP contribution in [0, 0.1) is 11.6 Å². The van der Waals surface area contributed by atoms with Gasteiger partial charge in [-0.25, -0.2) is 17.2 Å². The first-order chi connectivity index (χ1) is 9.71. The van der Waals surface area contributed by atoms with Crippen molar-refractivity contribution in [3.63, 3.8) is 0 Å². The van der Waals surface area contributed by atoms with Gasteiger partial charge in [0.15, 0.2) is 15.7 Å². The van der Waals surface area contributed by atoms with Gasteiger partial charge in [-0.1, -0.05) is 0 Å². The number of hydrogen-bond acceptors (Lipinski definition) is 5. The summed E-state index contributed by atoms with van der Waals surface area (Å²) in [5.41, 5.74) is 4.27. The fourth-order valence-corrected chi connectivity index (χ4v) is 4.90. The van der Waals surface area contributed by atoms with Gasteiger partial charge in [0.1, 0.15) is 11.2 Å². The minimum Gasteiger partial charge on any atom is -0.396 e. The highest BCUT2D eigenvalue weighted by Crippen LogP contribution is 2.25. The number of thioether (sulfide) groups is 1. The molecule has 0 radical (unpaired) electrons. The van der Waals surface area contributed by atoms with E-state index in [1.165, 1.54) is 11.8 Å². The number of amides is 1. The molecule has 1 heterocycles. The molecule has 2 rings (SSSR count). The van der Waals surface area contributed by atoms with Crippen LogP contribution in [0.4, 0.5) is 14.5 Å². The number of halogens is 2. The van der Waals surface area contributed by atoms with Gasteiger partial charge in [0.05, 0.1) is 11.3 Å². The molecule has 1 amide bonds. The molecule has 1 fully saturated rings. The van der Waals surface area contributed by atoms with Crippen LogP contribution in [0.5, 0.6) is 0 Å². The smallest absolute Gasteiger partial charge is 0.258 e. The molecule has 5 nitrogen and oxygen atoms in total. The molecule has 0 saturated carbocycles. The van der Waals surface area contributed by atoms with Crippen LogP contribution in [0.1, 0.15) is 10.4 Å². The number of nitrogens with two attached hydrogens (primary N) is 1. The van der Waals surface area contributed by atoms with Gasteiger partial charge < -0.3 is 10.6 Å². The lowest BCUT2D eigenvalue weighted by molar-refractivity contribution is 0.0744. The van der Waals surface area contributed by atoms with Crippen molar-refractivity contribution in [3.8, 4) is 0 Å². The average Bonchev–Trinajstić information content (AvgIpc) is 2.41. The summed E-state index contributed by atoms with van der Waals surface area (Å²) in [6, 6.07) is 1.50. The fraction of sp³-hybridized carbons (Fsp3) is 0.417. The van der Waals surface area contributed by atoms with E-state index in [0.29, 0.717) is 5.75 Å². The summed E-state index contributed by atoms with van der Waals surface area (Å²) in [6.45, 7) is 0.150. The molecule has 1 aromatic rings. The second kappa shape index (κ2) is 5.80. The third-order valence-electron chi connectivity index (χ3n) is 3.14. The van der Waals surface area contributed by atoms with E-state index in [4.69, 9.17) is 5.73 Å². The Morgan fingerprint density at radius 1 is 1.43 bits per heavy atom.